The molecule has 5 heteroatoms. The number of ether oxygens (including phenoxy) is 1. The molecule has 5 nitrogen and oxygen atoms in total. The quantitative estimate of drug-likeness (QED) is 0.688. The molecule has 1 aliphatic heterocycles. The van der Waals surface area contributed by atoms with Crippen molar-refractivity contribution >= 4 is 11.6 Å². The van der Waals surface area contributed by atoms with E-state index in [2.05, 4.69) is 5.32 Å². The Morgan fingerprint density at radius 3 is 2.57 bits per heavy atom. The number of anilines is 1. The molecule has 1 aliphatic rings. The molecule has 0 bridgehead atoms. The minimum atomic E-state index is -0.383. The number of aryl methyl sites for hydroxylation is 2. The lowest BCUT2D eigenvalue weighted by atomic mass is 10.1. The third-order valence-electron chi connectivity index (χ3n) is 3.75. The number of hydrogen-bond donors (Lipinski definition) is 1. The summed E-state index contributed by atoms with van der Waals surface area (Å²) in [6.45, 7) is 9.25. The maximum atomic E-state index is 12.4. The minimum Gasteiger partial charge on any atom is -0.372 e. The van der Waals surface area contributed by atoms with Gasteiger partial charge >= 0.3 is 0 Å². The van der Waals surface area contributed by atoms with E-state index < -0.39 is 0 Å². The van der Waals surface area contributed by atoms with E-state index in [1.165, 1.54) is 0 Å². The van der Waals surface area contributed by atoms with Crippen molar-refractivity contribution in [3.05, 3.63) is 41.1 Å². The van der Waals surface area contributed by atoms with Crippen LogP contribution in [-0.4, -0.2) is 36.1 Å². The van der Waals surface area contributed by atoms with Crippen LogP contribution < -0.4 is 5.32 Å². The van der Waals surface area contributed by atoms with Gasteiger partial charge in [0.05, 0.1) is 12.2 Å². The third kappa shape index (κ3) is 4.57. The number of hydrogen-bond acceptors (Lipinski definition) is 4. The Kier molecular flexibility index (Phi) is 5.41. The summed E-state index contributed by atoms with van der Waals surface area (Å²) < 4.78 is 5.66. The molecular weight excluding hydrogens is 290 g/mol. The highest BCUT2D eigenvalue weighted by atomic mass is 16.5. The molecular formula is C18H23N3O2. The number of nitrogens with one attached hydrogen (secondary N) is 1. The van der Waals surface area contributed by atoms with E-state index in [1.807, 2.05) is 56.9 Å². The number of amides is 1. The van der Waals surface area contributed by atoms with Gasteiger partial charge in [-0.25, -0.2) is 0 Å². The predicted molar refractivity (Wildman–Crippen MR) is 89.8 cm³/mol. The van der Waals surface area contributed by atoms with Crippen molar-refractivity contribution in [2.45, 2.75) is 39.9 Å². The highest BCUT2D eigenvalue weighted by molar-refractivity contribution is 6.06. The molecule has 2 rings (SSSR count). The molecule has 1 saturated heterocycles. The Morgan fingerprint density at radius 1 is 1.35 bits per heavy atom. The van der Waals surface area contributed by atoms with Crippen LogP contribution in [0.15, 0.2) is 30.0 Å². The number of rotatable bonds is 3. The van der Waals surface area contributed by atoms with Gasteiger partial charge in [0.1, 0.15) is 11.6 Å². The number of nitrogens with zero attached hydrogens (tertiary/aromatic N) is 2. The number of nitriles is 1. The normalized spacial score (nSPS) is 21.7. The van der Waals surface area contributed by atoms with Crippen molar-refractivity contribution in [2.75, 3.05) is 18.4 Å². The zero-order valence-electron chi connectivity index (χ0n) is 14.1. The first-order valence-electron chi connectivity index (χ1n) is 7.79. The van der Waals surface area contributed by atoms with E-state index in [9.17, 15) is 10.1 Å². The fourth-order valence-electron chi connectivity index (χ4n) is 2.79. The van der Waals surface area contributed by atoms with E-state index in [0.717, 1.165) is 16.8 Å². The van der Waals surface area contributed by atoms with Crippen LogP contribution in [0.3, 0.4) is 0 Å². The highest BCUT2D eigenvalue weighted by Crippen LogP contribution is 2.17. The summed E-state index contributed by atoms with van der Waals surface area (Å²) in [5.74, 6) is -0.383. The number of morpholine rings is 1. The maximum Gasteiger partial charge on any atom is 0.267 e. The third-order valence-corrected chi connectivity index (χ3v) is 3.75. The van der Waals surface area contributed by atoms with Gasteiger partial charge in [-0.15, -0.1) is 0 Å². The lowest BCUT2D eigenvalue weighted by Gasteiger charge is -2.34. The SMILES string of the molecule is Cc1ccc(NC(=O)/C(C#N)=C\N2CC(C)OC(C)C2)c(C)c1. The minimum absolute atomic E-state index is 0.0809. The molecule has 2 atom stereocenters. The first-order chi connectivity index (χ1) is 10.9. The smallest absolute Gasteiger partial charge is 0.267 e. The molecule has 1 heterocycles. The fourth-order valence-corrected chi connectivity index (χ4v) is 2.79. The highest BCUT2D eigenvalue weighted by Gasteiger charge is 2.21. The molecule has 0 spiro atoms. The number of carbonyl (C=O) groups is 1. The van der Waals surface area contributed by atoms with Gasteiger partial charge in [0, 0.05) is 25.0 Å². The first kappa shape index (κ1) is 17.0. The van der Waals surface area contributed by atoms with E-state index >= 15 is 0 Å². The molecule has 2 unspecified atom stereocenters. The monoisotopic (exact) mass is 313 g/mol. The van der Waals surface area contributed by atoms with Crippen molar-refractivity contribution in [1.82, 2.24) is 4.90 Å². The topological polar surface area (TPSA) is 65.4 Å². The molecule has 0 aromatic heterocycles. The van der Waals surface area contributed by atoms with Crippen LogP contribution in [0.2, 0.25) is 0 Å². The lowest BCUT2D eigenvalue weighted by Crippen LogP contribution is -2.43. The Morgan fingerprint density at radius 2 is 2.00 bits per heavy atom. The summed E-state index contributed by atoms with van der Waals surface area (Å²) in [5, 5.41) is 12.1. The summed E-state index contributed by atoms with van der Waals surface area (Å²) >= 11 is 0. The van der Waals surface area contributed by atoms with Crippen LogP contribution in [0.1, 0.15) is 25.0 Å². The zero-order valence-corrected chi connectivity index (χ0v) is 14.1. The Bertz CT molecular complexity index is 651. The fraction of sp³-hybridized carbons (Fsp3) is 0.444. The van der Waals surface area contributed by atoms with Crippen LogP contribution in [0.4, 0.5) is 5.69 Å². The predicted octanol–water partition coefficient (Wildman–Crippen LogP) is 2.76. The molecule has 0 aliphatic carbocycles. The van der Waals surface area contributed by atoms with Crippen LogP contribution >= 0.6 is 0 Å². The Hall–Kier alpha value is -2.32. The summed E-state index contributed by atoms with van der Waals surface area (Å²) in [7, 11) is 0. The van der Waals surface area contributed by atoms with Crippen molar-refractivity contribution < 1.29 is 9.53 Å². The van der Waals surface area contributed by atoms with Gasteiger partial charge in [-0.05, 0) is 39.3 Å². The molecule has 0 radical (unpaired) electrons. The molecule has 1 aromatic carbocycles. The van der Waals surface area contributed by atoms with E-state index in [1.54, 1.807) is 6.20 Å². The van der Waals surface area contributed by atoms with Gasteiger partial charge in [-0.2, -0.15) is 5.26 Å². The second-order valence-corrected chi connectivity index (χ2v) is 6.14. The average molecular weight is 313 g/mol. The second-order valence-electron chi connectivity index (χ2n) is 6.14. The first-order valence-corrected chi connectivity index (χ1v) is 7.79. The molecule has 1 N–H and O–H groups in total. The van der Waals surface area contributed by atoms with Gasteiger partial charge < -0.3 is 15.0 Å². The summed E-state index contributed by atoms with van der Waals surface area (Å²) in [5.41, 5.74) is 2.94. The zero-order chi connectivity index (χ0) is 17.0. The van der Waals surface area contributed by atoms with Crippen molar-refractivity contribution in [2.24, 2.45) is 0 Å². The van der Waals surface area contributed by atoms with Crippen LogP contribution in [0.5, 0.6) is 0 Å². The molecule has 0 saturated carbocycles. The standard InChI is InChI=1S/C18H23N3O2/c1-12-5-6-17(13(2)7-12)20-18(22)16(8-19)11-21-9-14(3)23-15(4)10-21/h5-7,11,14-15H,9-10H2,1-4H3,(H,20,22)/b16-11-. The average Bonchev–Trinajstić information content (AvgIpc) is 2.46. The van der Waals surface area contributed by atoms with Gasteiger partial charge in [0.15, 0.2) is 0 Å². The largest absolute Gasteiger partial charge is 0.372 e. The van der Waals surface area contributed by atoms with Crippen LogP contribution in [0.25, 0.3) is 0 Å². The van der Waals surface area contributed by atoms with Gasteiger partial charge in [0.2, 0.25) is 0 Å². The van der Waals surface area contributed by atoms with Crippen molar-refractivity contribution in [1.29, 1.82) is 5.26 Å². The molecule has 23 heavy (non-hydrogen) atoms. The van der Waals surface area contributed by atoms with Crippen LogP contribution in [-0.2, 0) is 9.53 Å². The van der Waals surface area contributed by atoms with Crippen molar-refractivity contribution in [3.8, 4) is 6.07 Å². The van der Waals surface area contributed by atoms with E-state index in [-0.39, 0.29) is 23.7 Å². The van der Waals surface area contributed by atoms with Crippen LogP contribution in [0, 0.1) is 25.2 Å². The van der Waals surface area contributed by atoms with E-state index in [0.29, 0.717) is 13.1 Å². The Balaban J connectivity index is 2.12. The summed E-state index contributed by atoms with van der Waals surface area (Å²) in [4.78, 5) is 14.3. The summed E-state index contributed by atoms with van der Waals surface area (Å²) in [6.07, 6.45) is 1.80. The maximum absolute atomic E-state index is 12.4. The summed E-state index contributed by atoms with van der Waals surface area (Å²) in [6, 6.07) is 7.79. The van der Waals surface area contributed by atoms with Gasteiger partial charge in [-0.3, -0.25) is 4.79 Å². The number of benzene rings is 1. The number of carbonyl (C=O) groups excluding carboxylic acids is 1. The Labute approximate surface area is 137 Å². The van der Waals surface area contributed by atoms with Gasteiger partial charge in [-0.1, -0.05) is 17.7 Å². The molecule has 1 fully saturated rings. The molecule has 1 aromatic rings. The molecule has 122 valence electrons. The van der Waals surface area contributed by atoms with Gasteiger partial charge in [0.25, 0.3) is 5.91 Å². The van der Waals surface area contributed by atoms with E-state index in [4.69, 9.17) is 4.74 Å². The van der Waals surface area contributed by atoms with Crippen molar-refractivity contribution in [3.63, 3.8) is 0 Å². The lowest BCUT2D eigenvalue weighted by molar-refractivity contribution is -0.112. The second kappa shape index (κ2) is 7.30. The molecule has 1 amide bonds.